The molecule has 3 N–H and O–H groups in total. The Morgan fingerprint density at radius 2 is 1.95 bits per heavy atom. The first-order valence-corrected chi connectivity index (χ1v) is 6.47. The third-order valence-corrected chi connectivity index (χ3v) is 3.46. The maximum absolute atomic E-state index is 12.0. The fourth-order valence-electron chi connectivity index (χ4n) is 1.88. The van der Waals surface area contributed by atoms with Crippen LogP contribution in [0.5, 0.6) is 0 Å². The molecule has 1 aromatic heterocycles. The van der Waals surface area contributed by atoms with Crippen LogP contribution in [-0.4, -0.2) is 29.3 Å². The Morgan fingerprint density at radius 1 is 1.29 bits per heavy atom. The molecule has 1 heterocycles. The number of nitrogens with one attached hydrogen (secondary N) is 1. The van der Waals surface area contributed by atoms with E-state index in [1.807, 2.05) is 0 Å². The highest BCUT2D eigenvalue weighted by Gasteiger charge is 2.31. The molecule has 0 fully saturated rings. The van der Waals surface area contributed by atoms with Gasteiger partial charge in [0.25, 0.3) is 0 Å². The third kappa shape index (κ3) is 2.96. The summed E-state index contributed by atoms with van der Waals surface area (Å²) in [7, 11) is 0. The lowest BCUT2D eigenvalue weighted by molar-refractivity contribution is -0.129. The molecule has 0 spiro atoms. The van der Waals surface area contributed by atoms with Crippen molar-refractivity contribution >= 4 is 22.6 Å². The smallest absolute Gasteiger partial charge is 0.336 e. The Labute approximate surface area is 121 Å². The first-order valence-electron chi connectivity index (χ1n) is 6.47. The van der Waals surface area contributed by atoms with Gasteiger partial charge in [-0.1, -0.05) is 0 Å². The van der Waals surface area contributed by atoms with Crippen molar-refractivity contribution in [2.75, 3.05) is 18.5 Å². The van der Waals surface area contributed by atoms with Crippen LogP contribution in [0.1, 0.15) is 12.5 Å². The number of anilines is 1. The number of amides is 1. The molecule has 2 aromatic rings. The van der Waals surface area contributed by atoms with Gasteiger partial charge < -0.3 is 19.9 Å². The van der Waals surface area contributed by atoms with Crippen molar-refractivity contribution in [1.82, 2.24) is 0 Å². The molecule has 112 valence electrons. The zero-order valence-electron chi connectivity index (χ0n) is 11.8. The van der Waals surface area contributed by atoms with Crippen molar-refractivity contribution in [1.29, 1.82) is 0 Å². The van der Waals surface area contributed by atoms with E-state index in [4.69, 9.17) is 4.42 Å². The maximum atomic E-state index is 12.0. The number of carbonyl (C=O) groups is 1. The van der Waals surface area contributed by atoms with Crippen LogP contribution in [0, 0.1) is 12.3 Å². The van der Waals surface area contributed by atoms with E-state index in [0.717, 1.165) is 10.9 Å². The molecule has 0 aliphatic rings. The standard InChI is InChI=1S/C15H17NO5/c1-9-5-13(19)21-12-6-10(3-4-11(9)12)16-14(20)15(2,7-17)8-18/h3-6,17-18H,7-8H2,1-2H3,(H,16,20). The SMILES string of the molecule is Cc1cc(=O)oc2cc(NC(=O)C(C)(CO)CO)ccc12. The molecule has 0 saturated carbocycles. The summed E-state index contributed by atoms with van der Waals surface area (Å²) in [4.78, 5) is 23.4. The second-order valence-corrected chi connectivity index (χ2v) is 5.29. The van der Waals surface area contributed by atoms with E-state index in [1.54, 1.807) is 19.1 Å². The fraction of sp³-hybridized carbons (Fsp3) is 0.333. The molecule has 21 heavy (non-hydrogen) atoms. The molecule has 1 amide bonds. The van der Waals surface area contributed by atoms with Gasteiger partial charge in [0.05, 0.1) is 18.6 Å². The van der Waals surface area contributed by atoms with Crippen LogP contribution in [0.25, 0.3) is 11.0 Å². The molecule has 0 atom stereocenters. The predicted octanol–water partition coefficient (Wildman–Crippen LogP) is 1.03. The van der Waals surface area contributed by atoms with Crippen molar-refractivity contribution in [3.63, 3.8) is 0 Å². The summed E-state index contributed by atoms with van der Waals surface area (Å²) in [6.45, 7) is 2.30. The minimum absolute atomic E-state index is 0.368. The second kappa shape index (κ2) is 5.67. The highest BCUT2D eigenvalue weighted by atomic mass is 16.4. The van der Waals surface area contributed by atoms with E-state index in [-0.39, 0.29) is 0 Å². The highest BCUT2D eigenvalue weighted by Crippen LogP contribution is 2.23. The van der Waals surface area contributed by atoms with E-state index in [0.29, 0.717) is 11.3 Å². The van der Waals surface area contributed by atoms with Crippen LogP contribution >= 0.6 is 0 Å². The molecule has 0 bridgehead atoms. The van der Waals surface area contributed by atoms with E-state index in [2.05, 4.69) is 5.32 Å². The Hall–Kier alpha value is -2.18. The monoisotopic (exact) mass is 291 g/mol. The summed E-state index contributed by atoms with van der Waals surface area (Å²) in [5.41, 5.74) is -0.154. The van der Waals surface area contributed by atoms with Gasteiger partial charge in [-0.15, -0.1) is 0 Å². The summed E-state index contributed by atoms with van der Waals surface area (Å²) < 4.78 is 5.10. The van der Waals surface area contributed by atoms with Gasteiger partial charge in [0.15, 0.2) is 0 Å². The summed E-state index contributed by atoms with van der Waals surface area (Å²) >= 11 is 0. The molecule has 1 aromatic carbocycles. The molecule has 2 rings (SSSR count). The first kappa shape index (κ1) is 15.2. The normalized spacial score (nSPS) is 11.6. The van der Waals surface area contributed by atoms with Crippen LogP contribution in [0.3, 0.4) is 0 Å². The van der Waals surface area contributed by atoms with Gasteiger partial charge in [-0.3, -0.25) is 4.79 Å². The molecule has 0 radical (unpaired) electrons. The minimum Gasteiger partial charge on any atom is -0.423 e. The highest BCUT2D eigenvalue weighted by molar-refractivity contribution is 5.97. The average molecular weight is 291 g/mol. The summed E-state index contributed by atoms with van der Waals surface area (Å²) in [6, 6.07) is 6.34. The van der Waals surface area contributed by atoms with Crippen molar-refractivity contribution in [3.8, 4) is 0 Å². The number of aryl methyl sites for hydroxylation is 1. The minimum atomic E-state index is -1.28. The van der Waals surface area contributed by atoms with Gasteiger partial charge in [0.2, 0.25) is 5.91 Å². The van der Waals surface area contributed by atoms with Gasteiger partial charge in [-0.05, 0) is 31.5 Å². The lowest BCUT2D eigenvalue weighted by Gasteiger charge is -2.23. The number of carbonyl (C=O) groups excluding carboxylic acids is 1. The Bertz CT molecular complexity index is 730. The van der Waals surface area contributed by atoms with Crippen molar-refractivity contribution < 1.29 is 19.4 Å². The third-order valence-electron chi connectivity index (χ3n) is 3.46. The van der Waals surface area contributed by atoms with E-state index >= 15 is 0 Å². The van der Waals surface area contributed by atoms with Gasteiger partial charge in [-0.25, -0.2) is 4.79 Å². The van der Waals surface area contributed by atoms with Gasteiger partial charge in [-0.2, -0.15) is 0 Å². The number of rotatable bonds is 4. The first-order chi connectivity index (χ1) is 9.89. The lowest BCUT2D eigenvalue weighted by atomic mass is 9.92. The zero-order chi connectivity index (χ0) is 15.6. The summed E-state index contributed by atoms with van der Waals surface area (Å²) in [6.07, 6.45) is 0. The maximum Gasteiger partial charge on any atom is 0.336 e. The topological polar surface area (TPSA) is 99.8 Å². The molecular weight excluding hydrogens is 274 g/mol. The van der Waals surface area contributed by atoms with Crippen molar-refractivity contribution in [3.05, 3.63) is 40.2 Å². The van der Waals surface area contributed by atoms with Crippen LogP contribution < -0.4 is 10.9 Å². The second-order valence-electron chi connectivity index (χ2n) is 5.29. The number of fused-ring (bicyclic) bond motifs is 1. The number of hydrogen-bond acceptors (Lipinski definition) is 5. The largest absolute Gasteiger partial charge is 0.423 e. The van der Waals surface area contributed by atoms with E-state index in [1.165, 1.54) is 19.1 Å². The number of hydrogen-bond donors (Lipinski definition) is 3. The molecule has 6 heteroatoms. The van der Waals surface area contributed by atoms with Crippen LogP contribution in [-0.2, 0) is 4.79 Å². The number of aliphatic hydroxyl groups is 2. The van der Waals surface area contributed by atoms with Gasteiger partial charge in [0.1, 0.15) is 5.58 Å². The van der Waals surface area contributed by atoms with Crippen LogP contribution in [0.2, 0.25) is 0 Å². The molecule has 6 nitrogen and oxygen atoms in total. The van der Waals surface area contributed by atoms with Crippen LogP contribution in [0.4, 0.5) is 5.69 Å². The zero-order valence-corrected chi connectivity index (χ0v) is 11.8. The molecule has 0 aliphatic carbocycles. The fourth-order valence-corrected chi connectivity index (χ4v) is 1.88. The summed E-state index contributed by atoms with van der Waals surface area (Å²) in [5, 5.41) is 21.8. The quantitative estimate of drug-likeness (QED) is 0.731. The molecule has 0 unspecified atom stereocenters. The number of benzene rings is 1. The molecule has 0 aliphatic heterocycles. The Balaban J connectivity index is 2.36. The lowest BCUT2D eigenvalue weighted by Crippen LogP contribution is -2.39. The van der Waals surface area contributed by atoms with Gasteiger partial charge in [0, 0.05) is 23.2 Å². The Morgan fingerprint density at radius 3 is 2.57 bits per heavy atom. The Kier molecular flexibility index (Phi) is 4.11. The molecular formula is C15H17NO5. The number of aliphatic hydroxyl groups excluding tert-OH is 2. The van der Waals surface area contributed by atoms with Crippen molar-refractivity contribution in [2.24, 2.45) is 5.41 Å². The van der Waals surface area contributed by atoms with E-state index < -0.39 is 30.2 Å². The van der Waals surface area contributed by atoms with E-state index in [9.17, 15) is 19.8 Å². The van der Waals surface area contributed by atoms with Crippen LogP contribution in [0.15, 0.2) is 33.5 Å². The molecule has 0 saturated heterocycles. The average Bonchev–Trinajstić information content (AvgIpc) is 2.45. The van der Waals surface area contributed by atoms with Gasteiger partial charge >= 0.3 is 5.63 Å². The van der Waals surface area contributed by atoms with Crippen molar-refractivity contribution in [2.45, 2.75) is 13.8 Å². The summed E-state index contributed by atoms with van der Waals surface area (Å²) in [5.74, 6) is -0.512. The predicted molar refractivity (Wildman–Crippen MR) is 78.1 cm³/mol.